The van der Waals surface area contributed by atoms with Crippen LogP contribution in [0.3, 0.4) is 0 Å². The van der Waals surface area contributed by atoms with Crippen molar-refractivity contribution in [1.82, 2.24) is 9.29 Å². The van der Waals surface area contributed by atoms with E-state index in [0.717, 1.165) is 35.4 Å². The molecule has 1 saturated carbocycles. The lowest BCUT2D eigenvalue weighted by Crippen LogP contribution is -2.37. The summed E-state index contributed by atoms with van der Waals surface area (Å²) in [6.07, 6.45) is 9.69. The maximum Gasteiger partial charge on any atom is 0.272 e. The van der Waals surface area contributed by atoms with Gasteiger partial charge in [0.1, 0.15) is 5.69 Å². The molecule has 0 spiro atoms. The molecule has 1 aliphatic carbocycles. The first-order valence-electron chi connectivity index (χ1n) is 10.1. The average Bonchev–Trinajstić information content (AvgIpc) is 2.96. The molecule has 156 valence electrons. The zero-order chi connectivity index (χ0) is 20.5. The van der Waals surface area contributed by atoms with E-state index in [2.05, 4.69) is 10.0 Å². The molecule has 3 N–H and O–H groups in total. The molecule has 1 aromatic heterocycles. The van der Waals surface area contributed by atoms with Gasteiger partial charge in [0.25, 0.3) is 5.91 Å². The summed E-state index contributed by atoms with van der Waals surface area (Å²) < 4.78 is 40.5. The number of carbonyl (C=O) groups excluding carboxylic acids is 1. The summed E-state index contributed by atoms with van der Waals surface area (Å²) in [5.41, 5.74) is 1.58. The number of anilines is 1. The number of hydrogen-bond donors (Lipinski definition) is 3. The lowest BCUT2D eigenvalue weighted by molar-refractivity contribution is 0.101. The molecule has 2 aliphatic rings. The third-order valence-electron chi connectivity index (χ3n) is 6.05. The number of amides is 1. The fourth-order valence-electron chi connectivity index (χ4n) is 4.57. The van der Waals surface area contributed by atoms with Crippen LogP contribution in [-0.4, -0.2) is 16.5 Å². The highest BCUT2D eigenvalue weighted by Crippen LogP contribution is 2.33. The Bertz CT molecular complexity index is 952. The first-order chi connectivity index (χ1) is 13.9. The van der Waals surface area contributed by atoms with Crippen molar-refractivity contribution in [3.8, 4) is 0 Å². The highest BCUT2D eigenvalue weighted by atomic mass is 32.2. The number of fused-ring (bicyclic) bond motifs is 1. The van der Waals surface area contributed by atoms with E-state index < -0.39 is 22.5 Å². The minimum atomic E-state index is -0.999. The van der Waals surface area contributed by atoms with Gasteiger partial charge in [0.05, 0.1) is 4.90 Å². The highest BCUT2D eigenvalue weighted by molar-refractivity contribution is 7.84. The Morgan fingerprint density at radius 2 is 1.97 bits per heavy atom. The van der Waals surface area contributed by atoms with Crippen molar-refractivity contribution in [1.29, 1.82) is 4.78 Å². The fourth-order valence-corrected chi connectivity index (χ4v) is 6.02. The normalized spacial score (nSPS) is 22.7. The first kappa shape index (κ1) is 20.2. The number of hydrogen-bond acceptors (Lipinski definition) is 2. The zero-order valence-corrected chi connectivity index (χ0v) is 17.2. The van der Waals surface area contributed by atoms with Crippen LogP contribution >= 0.6 is 0 Å². The van der Waals surface area contributed by atoms with E-state index in [4.69, 9.17) is 4.78 Å². The van der Waals surface area contributed by atoms with Gasteiger partial charge in [0, 0.05) is 31.0 Å². The summed E-state index contributed by atoms with van der Waals surface area (Å²) in [6, 6.07) is 3.62. The molecule has 2 heterocycles. The second-order valence-electron chi connectivity index (χ2n) is 7.98. The van der Waals surface area contributed by atoms with Crippen molar-refractivity contribution >= 4 is 22.5 Å². The van der Waals surface area contributed by atoms with Crippen molar-refractivity contribution in [2.24, 2.45) is 13.0 Å². The second-order valence-corrected chi connectivity index (χ2v) is 9.27. The Hall–Kier alpha value is -2.06. The minimum Gasteiger partial charge on any atom is -0.345 e. The number of halogens is 2. The molecule has 1 fully saturated rings. The van der Waals surface area contributed by atoms with E-state index in [1.807, 2.05) is 6.20 Å². The number of benzene rings is 1. The molecule has 2 unspecified atom stereocenters. The van der Waals surface area contributed by atoms with Gasteiger partial charge in [-0.05, 0) is 60.2 Å². The number of aryl methyl sites for hydroxylation is 1. The molecular weight excluding hydrogens is 394 g/mol. The van der Waals surface area contributed by atoms with Crippen LogP contribution in [0.4, 0.5) is 14.5 Å². The zero-order valence-electron chi connectivity index (χ0n) is 16.4. The predicted molar refractivity (Wildman–Crippen MR) is 110 cm³/mol. The Kier molecular flexibility index (Phi) is 5.83. The van der Waals surface area contributed by atoms with Crippen LogP contribution in [-0.2, 0) is 24.3 Å². The summed E-state index contributed by atoms with van der Waals surface area (Å²) in [5.74, 6) is -1.72. The van der Waals surface area contributed by atoms with Crippen molar-refractivity contribution in [3.63, 3.8) is 0 Å². The predicted octanol–water partition coefficient (Wildman–Crippen LogP) is 4.69. The summed E-state index contributed by atoms with van der Waals surface area (Å²) in [6.45, 7) is 0. The van der Waals surface area contributed by atoms with Gasteiger partial charge in [0.15, 0.2) is 11.6 Å². The van der Waals surface area contributed by atoms with Crippen molar-refractivity contribution in [3.05, 3.63) is 47.3 Å². The van der Waals surface area contributed by atoms with Crippen molar-refractivity contribution in [2.45, 2.75) is 55.9 Å². The monoisotopic (exact) mass is 420 g/mol. The van der Waals surface area contributed by atoms with Gasteiger partial charge >= 0.3 is 0 Å². The quantitative estimate of drug-likeness (QED) is 0.674. The number of carbonyl (C=O) groups is 1. The van der Waals surface area contributed by atoms with Gasteiger partial charge < -0.3 is 9.88 Å². The SMILES string of the molecule is Cn1cc2c(c1C(=O)Nc1ccc(F)c(F)c1)CCC(C1CCCCC1)NS2=N. The van der Waals surface area contributed by atoms with Crippen LogP contribution in [0.2, 0.25) is 0 Å². The van der Waals surface area contributed by atoms with E-state index in [1.165, 1.54) is 38.2 Å². The molecule has 4 rings (SSSR count). The van der Waals surface area contributed by atoms with Gasteiger partial charge in [-0.2, -0.15) is 0 Å². The lowest BCUT2D eigenvalue weighted by Gasteiger charge is -2.30. The van der Waals surface area contributed by atoms with Gasteiger partial charge in [-0.1, -0.05) is 19.3 Å². The van der Waals surface area contributed by atoms with Crippen LogP contribution in [0.25, 0.3) is 0 Å². The Balaban J connectivity index is 1.57. The van der Waals surface area contributed by atoms with Crippen molar-refractivity contribution in [2.75, 3.05) is 5.32 Å². The summed E-state index contributed by atoms with van der Waals surface area (Å²) in [5, 5.41) is 2.67. The summed E-state index contributed by atoms with van der Waals surface area (Å²) >= 11 is 0. The molecule has 8 heteroatoms. The van der Waals surface area contributed by atoms with E-state index >= 15 is 0 Å². The smallest absolute Gasteiger partial charge is 0.272 e. The summed E-state index contributed by atoms with van der Waals surface area (Å²) in [4.78, 5) is 13.8. The van der Waals surface area contributed by atoms with Gasteiger partial charge in [0.2, 0.25) is 0 Å². The van der Waals surface area contributed by atoms with Gasteiger partial charge in [-0.3, -0.25) is 9.57 Å². The second kappa shape index (κ2) is 8.36. The number of rotatable bonds is 3. The third-order valence-corrected chi connectivity index (χ3v) is 7.38. The largest absolute Gasteiger partial charge is 0.345 e. The van der Waals surface area contributed by atoms with Crippen molar-refractivity contribution < 1.29 is 13.6 Å². The Morgan fingerprint density at radius 3 is 2.69 bits per heavy atom. The molecule has 1 aromatic carbocycles. The van der Waals surface area contributed by atoms with Crippen LogP contribution in [0, 0.1) is 22.3 Å². The molecule has 0 bridgehead atoms. The maximum atomic E-state index is 13.5. The fraction of sp³-hybridized carbons (Fsp3) is 0.476. The molecule has 0 saturated heterocycles. The molecular formula is C21H26F2N4OS. The molecule has 1 amide bonds. The van der Waals surface area contributed by atoms with Crippen LogP contribution < -0.4 is 10.0 Å². The van der Waals surface area contributed by atoms with Crippen LogP contribution in [0.1, 0.15) is 54.6 Å². The Morgan fingerprint density at radius 1 is 1.21 bits per heavy atom. The average molecular weight is 421 g/mol. The maximum absolute atomic E-state index is 13.5. The van der Waals surface area contributed by atoms with E-state index in [1.54, 1.807) is 11.6 Å². The van der Waals surface area contributed by atoms with E-state index in [-0.39, 0.29) is 11.6 Å². The third kappa shape index (κ3) is 4.14. The number of nitrogens with zero attached hydrogens (tertiary/aromatic N) is 1. The summed E-state index contributed by atoms with van der Waals surface area (Å²) in [7, 11) is 0.898. The van der Waals surface area contributed by atoms with E-state index in [0.29, 0.717) is 17.7 Å². The topological polar surface area (TPSA) is 69.9 Å². The Labute approximate surface area is 171 Å². The van der Waals surface area contributed by atoms with Gasteiger partial charge in [-0.15, -0.1) is 0 Å². The van der Waals surface area contributed by atoms with Gasteiger partial charge in [-0.25, -0.2) is 13.5 Å². The molecule has 2 atom stereocenters. The number of nitrogens with one attached hydrogen (secondary N) is 3. The molecule has 0 radical (unpaired) electrons. The number of aromatic nitrogens is 1. The van der Waals surface area contributed by atoms with E-state index in [9.17, 15) is 13.6 Å². The highest BCUT2D eigenvalue weighted by Gasteiger charge is 2.31. The molecule has 29 heavy (non-hydrogen) atoms. The van der Waals surface area contributed by atoms with Crippen LogP contribution in [0.5, 0.6) is 0 Å². The molecule has 5 nitrogen and oxygen atoms in total. The molecule has 1 aliphatic heterocycles. The molecule has 2 aromatic rings. The first-order valence-corrected chi connectivity index (χ1v) is 11.3. The van der Waals surface area contributed by atoms with Crippen LogP contribution in [0.15, 0.2) is 29.3 Å². The lowest BCUT2D eigenvalue weighted by atomic mass is 9.82. The minimum absolute atomic E-state index is 0.209. The standard InChI is InChI=1S/C21H26F2N4OS/c1-27-12-19-15(8-10-18(26-29(19)24)13-5-3-2-4-6-13)20(27)21(28)25-14-7-9-16(22)17(23)11-14/h7,9,11-13,18H,2-6,8,10H2,1H3,(H2,24,26)(H,25,28).